The predicted octanol–water partition coefficient (Wildman–Crippen LogP) is -0.0610. The first kappa shape index (κ1) is 14.4. The van der Waals surface area contributed by atoms with Crippen LogP contribution in [0.2, 0.25) is 0 Å². The number of aromatic nitrogens is 4. The van der Waals surface area contributed by atoms with Crippen LogP contribution in [0.5, 0.6) is 0 Å². The number of azide groups is 1. The van der Waals surface area contributed by atoms with Gasteiger partial charge >= 0.3 is 0 Å². The van der Waals surface area contributed by atoms with Gasteiger partial charge in [0.05, 0.1) is 6.61 Å². The van der Waals surface area contributed by atoms with Crippen LogP contribution in [0.4, 0.5) is 16.2 Å². The Labute approximate surface area is 121 Å². The fourth-order valence-electron chi connectivity index (χ4n) is 2.32. The van der Waals surface area contributed by atoms with Gasteiger partial charge in [-0.05, 0) is 10.6 Å². The normalized spacial score (nSPS) is 28.0. The molecule has 0 saturated carbocycles. The second-order valence-corrected chi connectivity index (χ2v) is 4.59. The smallest absolute Gasteiger partial charge is 0.201 e. The van der Waals surface area contributed by atoms with Crippen molar-refractivity contribution in [2.24, 2.45) is 5.11 Å². The van der Waals surface area contributed by atoms with Crippen molar-refractivity contribution in [3.05, 3.63) is 16.8 Å². The molecule has 4 atom stereocenters. The molecule has 2 aromatic rings. The Bertz CT molecular complexity index is 760. The van der Waals surface area contributed by atoms with Gasteiger partial charge in [-0.1, -0.05) is 0 Å². The zero-order valence-electron chi connectivity index (χ0n) is 11.0. The molecule has 4 N–H and O–H groups in total. The van der Waals surface area contributed by atoms with Gasteiger partial charge in [0.25, 0.3) is 0 Å². The van der Waals surface area contributed by atoms with E-state index in [1.165, 1.54) is 0 Å². The van der Waals surface area contributed by atoms with Crippen LogP contribution in [0.3, 0.4) is 0 Å². The molecule has 0 bridgehead atoms. The number of anilines is 1. The average molecular weight is 310 g/mol. The summed E-state index contributed by atoms with van der Waals surface area (Å²) in [5.74, 6) is -0.214. The maximum atomic E-state index is 14.3. The van der Waals surface area contributed by atoms with E-state index in [9.17, 15) is 9.50 Å². The highest BCUT2D eigenvalue weighted by molar-refractivity contribution is 5.83. The van der Waals surface area contributed by atoms with E-state index in [2.05, 4.69) is 25.0 Å². The molecular weight excluding hydrogens is 299 g/mol. The average Bonchev–Trinajstić information content (AvgIpc) is 3.00. The first-order chi connectivity index (χ1) is 10.6. The van der Waals surface area contributed by atoms with E-state index in [1.807, 2.05) is 0 Å². The lowest BCUT2D eigenvalue weighted by molar-refractivity contribution is -0.0452. The molecule has 0 amide bonds. The van der Waals surface area contributed by atoms with Gasteiger partial charge in [-0.3, -0.25) is 4.57 Å². The number of hydrogen-bond donors (Lipinski definition) is 3. The van der Waals surface area contributed by atoms with Crippen LogP contribution in [-0.2, 0) is 4.74 Å². The Hall–Kier alpha value is -2.53. The third-order valence-electron chi connectivity index (χ3n) is 3.35. The van der Waals surface area contributed by atoms with E-state index >= 15 is 0 Å². The summed E-state index contributed by atoms with van der Waals surface area (Å²) in [5, 5.41) is 22.2. The van der Waals surface area contributed by atoms with Gasteiger partial charge in [-0.2, -0.15) is 0 Å². The van der Waals surface area contributed by atoms with E-state index in [0.29, 0.717) is 0 Å². The SMILES string of the molecule is [N-]=[N+]=Nc1nc2c(N)ncnc2n1C1OC(CO)C(O)C1F. The molecule has 1 fully saturated rings. The van der Waals surface area contributed by atoms with Crippen LogP contribution in [0.1, 0.15) is 6.23 Å². The molecule has 0 spiro atoms. The van der Waals surface area contributed by atoms with E-state index in [-0.39, 0.29) is 22.9 Å². The predicted molar refractivity (Wildman–Crippen MR) is 70.4 cm³/mol. The number of imidazole rings is 1. The highest BCUT2D eigenvalue weighted by atomic mass is 19.1. The molecule has 1 saturated heterocycles. The molecule has 0 radical (unpaired) electrons. The van der Waals surface area contributed by atoms with Crippen molar-refractivity contribution in [1.29, 1.82) is 0 Å². The number of hydrogen-bond acceptors (Lipinski definition) is 8. The second kappa shape index (κ2) is 5.35. The van der Waals surface area contributed by atoms with Gasteiger partial charge in [0, 0.05) is 4.91 Å². The number of ether oxygens (including phenoxy) is 1. The van der Waals surface area contributed by atoms with Crippen LogP contribution in [0.25, 0.3) is 21.6 Å². The Morgan fingerprint density at radius 2 is 2.32 bits per heavy atom. The van der Waals surface area contributed by atoms with Crippen LogP contribution >= 0.6 is 0 Å². The molecule has 22 heavy (non-hydrogen) atoms. The molecule has 116 valence electrons. The molecular formula is C10H11FN8O3. The Balaban J connectivity index is 2.19. The topological polar surface area (TPSA) is 168 Å². The first-order valence-corrected chi connectivity index (χ1v) is 6.20. The molecule has 12 heteroatoms. The molecule has 11 nitrogen and oxygen atoms in total. The maximum Gasteiger partial charge on any atom is 0.201 e. The monoisotopic (exact) mass is 310 g/mol. The largest absolute Gasteiger partial charge is 0.394 e. The van der Waals surface area contributed by atoms with Gasteiger partial charge in [0.2, 0.25) is 5.95 Å². The molecule has 4 unspecified atom stereocenters. The van der Waals surface area contributed by atoms with Crippen molar-refractivity contribution in [2.45, 2.75) is 24.6 Å². The lowest BCUT2D eigenvalue weighted by atomic mass is 10.1. The van der Waals surface area contributed by atoms with Gasteiger partial charge in [0.1, 0.15) is 18.5 Å². The van der Waals surface area contributed by atoms with Gasteiger partial charge in [-0.25, -0.2) is 19.3 Å². The number of fused-ring (bicyclic) bond motifs is 1. The minimum atomic E-state index is -1.88. The molecule has 3 rings (SSSR count). The number of halogens is 1. The second-order valence-electron chi connectivity index (χ2n) is 4.59. The standard InChI is InChI=1S/C10H11FN8O3/c11-4-6(21)3(1-20)22-9(4)19-8-5(7(12)14-2-15-8)16-10(19)17-18-13/h2-4,6,9,20-21H,1H2,(H2,12,14,15). The highest BCUT2D eigenvalue weighted by Gasteiger charge is 2.46. The molecule has 1 aliphatic heterocycles. The lowest BCUT2D eigenvalue weighted by Gasteiger charge is -2.16. The molecule has 0 aliphatic carbocycles. The summed E-state index contributed by atoms with van der Waals surface area (Å²) in [6.07, 6.45) is -4.76. The highest BCUT2D eigenvalue weighted by Crippen LogP contribution is 2.37. The van der Waals surface area contributed by atoms with Gasteiger partial charge in [0.15, 0.2) is 29.4 Å². The summed E-state index contributed by atoms with van der Waals surface area (Å²) in [5.41, 5.74) is 14.5. The molecule has 0 aromatic carbocycles. The number of nitrogens with zero attached hydrogens (tertiary/aromatic N) is 7. The third-order valence-corrected chi connectivity index (χ3v) is 3.35. The van der Waals surface area contributed by atoms with E-state index in [4.69, 9.17) is 21.1 Å². The summed E-state index contributed by atoms with van der Waals surface area (Å²) < 4.78 is 20.6. The summed E-state index contributed by atoms with van der Waals surface area (Å²) in [4.78, 5) is 14.2. The first-order valence-electron chi connectivity index (χ1n) is 6.20. The van der Waals surface area contributed by atoms with Crippen molar-refractivity contribution in [3.8, 4) is 0 Å². The van der Waals surface area contributed by atoms with Crippen LogP contribution in [0.15, 0.2) is 11.4 Å². The van der Waals surface area contributed by atoms with Gasteiger partial charge in [-0.15, -0.1) is 0 Å². The zero-order chi connectivity index (χ0) is 15.9. The minimum absolute atomic E-state index is 0.0193. The van der Waals surface area contributed by atoms with E-state index in [1.54, 1.807) is 0 Å². The maximum absolute atomic E-state index is 14.3. The minimum Gasteiger partial charge on any atom is -0.394 e. The number of aliphatic hydroxyl groups is 2. The third kappa shape index (κ3) is 2.02. The Morgan fingerprint density at radius 3 is 2.95 bits per heavy atom. The number of rotatable bonds is 3. The quantitative estimate of drug-likeness (QED) is 0.405. The summed E-state index contributed by atoms with van der Waals surface area (Å²) in [6.45, 7) is -0.571. The van der Waals surface area contributed by atoms with Crippen molar-refractivity contribution < 1.29 is 19.3 Å². The van der Waals surface area contributed by atoms with Crippen molar-refractivity contribution in [1.82, 2.24) is 19.5 Å². The number of aliphatic hydroxyl groups excluding tert-OH is 2. The molecule has 3 heterocycles. The number of nitrogen functional groups attached to an aromatic ring is 1. The Kier molecular flexibility index (Phi) is 3.50. The lowest BCUT2D eigenvalue weighted by Crippen LogP contribution is -2.30. The molecule has 2 aromatic heterocycles. The fraction of sp³-hybridized carbons (Fsp3) is 0.500. The summed E-state index contributed by atoms with van der Waals surface area (Å²) in [7, 11) is 0. The van der Waals surface area contributed by atoms with Crippen molar-refractivity contribution in [2.75, 3.05) is 12.3 Å². The Morgan fingerprint density at radius 1 is 1.55 bits per heavy atom. The molecule has 1 aliphatic rings. The van der Waals surface area contributed by atoms with Crippen molar-refractivity contribution in [3.63, 3.8) is 0 Å². The number of alkyl halides is 1. The zero-order valence-corrected chi connectivity index (χ0v) is 11.0. The van der Waals surface area contributed by atoms with Crippen molar-refractivity contribution >= 4 is 22.9 Å². The summed E-state index contributed by atoms with van der Waals surface area (Å²) >= 11 is 0. The van der Waals surface area contributed by atoms with Crippen LogP contribution < -0.4 is 5.73 Å². The van der Waals surface area contributed by atoms with E-state index < -0.39 is 31.2 Å². The number of nitrogens with two attached hydrogens (primary N) is 1. The van der Waals surface area contributed by atoms with Crippen LogP contribution in [0, 0.1) is 0 Å². The van der Waals surface area contributed by atoms with E-state index in [0.717, 1.165) is 10.9 Å². The fourth-order valence-corrected chi connectivity index (χ4v) is 2.32. The van der Waals surface area contributed by atoms with Gasteiger partial charge < -0.3 is 20.7 Å². The summed E-state index contributed by atoms with van der Waals surface area (Å²) in [6, 6.07) is 0. The van der Waals surface area contributed by atoms with Crippen LogP contribution in [-0.4, -0.2) is 54.7 Å².